The molecule has 0 spiro atoms. The van der Waals surface area contributed by atoms with E-state index in [0.717, 1.165) is 22.6 Å². The average molecular weight is 340 g/mol. The molecule has 1 amide bonds. The van der Waals surface area contributed by atoms with Gasteiger partial charge in [-0.2, -0.15) is 0 Å². The van der Waals surface area contributed by atoms with Crippen LogP contribution in [0.5, 0.6) is 0 Å². The number of carbonyl (C=O) groups excluding carboxylic acids is 1. The van der Waals surface area contributed by atoms with Gasteiger partial charge in [-0.25, -0.2) is 9.97 Å². The lowest BCUT2D eigenvalue weighted by Crippen LogP contribution is -2.47. The van der Waals surface area contributed by atoms with Gasteiger partial charge in [0.25, 0.3) is 5.91 Å². The van der Waals surface area contributed by atoms with Crippen LogP contribution in [0.4, 0.5) is 5.82 Å². The number of nitrogens with zero attached hydrogens (tertiary/aromatic N) is 4. The van der Waals surface area contributed by atoms with Gasteiger partial charge in [-0.3, -0.25) is 4.79 Å². The van der Waals surface area contributed by atoms with Crippen molar-refractivity contribution in [2.45, 2.75) is 32.4 Å². The van der Waals surface area contributed by atoms with E-state index in [4.69, 9.17) is 9.97 Å². The summed E-state index contributed by atoms with van der Waals surface area (Å²) in [6.07, 6.45) is 0.680. The predicted molar refractivity (Wildman–Crippen MR) is 97.2 cm³/mol. The maximum absolute atomic E-state index is 12.4. The summed E-state index contributed by atoms with van der Waals surface area (Å²) in [5.41, 5.74) is 1.49. The van der Waals surface area contributed by atoms with Gasteiger partial charge in [0, 0.05) is 31.8 Å². The van der Waals surface area contributed by atoms with E-state index in [-0.39, 0.29) is 5.91 Å². The Balaban J connectivity index is 2.03. The first kappa shape index (κ1) is 17.4. The molecule has 132 valence electrons. The van der Waals surface area contributed by atoms with Crippen LogP contribution < -0.4 is 4.90 Å². The number of fused-ring (bicyclic) bond motifs is 1. The van der Waals surface area contributed by atoms with Crippen LogP contribution >= 0.6 is 0 Å². The second kappa shape index (κ2) is 6.44. The smallest absolute Gasteiger partial charge is 0.254 e. The second-order valence-electron chi connectivity index (χ2n) is 7.09. The number of hydrogen-bond acceptors (Lipinski definition) is 5. The van der Waals surface area contributed by atoms with Gasteiger partial charge in [0.1, 0.15) is 11.4 Å². The maximum Gasteiger partial charge on any atom is 0.254 e. The van der Waals surface area contributed by atoms with E-state index in [9.17, 15) is 9.90 Å². The Morgan fingerprint density at radius 3 is 2.48 bits per heavy atom. The lowest BCUT2D eigenvalue weighted by molar-refractivity contribution is -0.148. The van der Waals surface area contributed by atoms with Crippen LogP contribution in [0.1, 0.15) is 25.1 Å². The lowest BCUT2D eigenvalue weighted by Gasteiger charge is -2.33. The first-order valence-electron chi connectivity index (χ1n) is 8.41. The average Bonchev–Trinajstić information content (AvgIpc) is 2.59. The van der Waals surface area contributed by atoms with Crippen LogP contribution in [0.25, 0.3) is 11.4 Å². The first-order valence-corrected chi connectivity index (χ1v) is 8.41. The fourth-order valence-corrected chi connectivity index (χ4v) is 3.06. The number of amides is 1. The maximum atomic E-state index is 12.4. The third-order valence-corrected chi connectivity index (χ3v) is 4.31. The van der Waals surface area contributed by atoms with Crippen LogP contribution in [0, 0.1) is 0 Å². The largest absolute Gasteiger partial charge is 0.381 e. The molecule has 1 aromatic carbocycles. The van der Waals surface area contributed by atoms with E-state index >= 15 is 0 Å². The molecule has 1 aromatic heterocycles. The van der Waals surface area contributed by atoms with E-state index in [1.807, 2.05) is 49.3 Å². The van der Waals surface area contributed by atoms with Crippen molar-refractivity contribution >= 4 is 11.7 Å². The minimum absolute atomic E-state index is 0.274. The Labute approximate surface area is 148 Å². The number of aromatic nitrogens is 2. The molecule has 3 rings (SSSR count). The molecule has 1 aliphatic heterocycles. The van der Waals surface area contributed by atoms with Crippen LogP contribution in [-0.4, -0.2) is 52.1 Å². The molecule has 0 unspecified atom stereocenters. The van der Waals surface area contributed by atoms with Gasteiger partial charge >= 0.3 is 0 Å². The molecule has 0 bridgehead atoms. The number of carbonyl (C=O) groups is 1. The van der Waals surface area contributed by atoms with Crippen LogP contribution in [-0.2, 0) is 17.8 Å². The number of aliphatic hydroxyl groups is 1. The molecule has 0 radical (unpaired) electrons. The Morgan fingerprint density at radius 2 is 1.88 bits per heavy atom. The van der Waals surface area contributed by atoms with Crippen molar-refractivity contribution in [2.75, 3.05) is 25.5 Å². The fraction of sp³-hybridized carbons (Fsp3) is 0.421. The lowest BCUT2D eigenvalue weighted by atomic mass is 10.0. The molecule has 1 aliphatic rings. The zero-order valence-corrected chi connectivity index (χ0v) is 15.2. The molecular formula is C19H24N4O2. The highest BCUT2D eigenvalue weighted by Gasteiger charge is 2.33. The SMILES string of the molecule is CN(C)c1nc(-c2ccccc2)nc2c1CCN(C(=O)C(C)(C)O)C2. The highest BCUT2D eigenvalue weighted by molar-refractivity contribution is 5.84. The zero-order valence-electron chi connectivity index (χ0n) is 15.2. The molecule has 0 aliphatic carbocycles. The molecular weight excluding hydrogens is 316 g/mol. The number of hydrogen-bond donors (Lipinski definition) is 1. The summed E-state index contributed by atoms with van der Waals surface area (Å²) in [6, 6.07) is 9.82. The summed E-state index contributed by atoms with van der Waals surface area (Å²) in [5.74, 6) is 1.27. The molecule has 6 nitrogen and oxygen atoms in total. The fourth-order valence-electron chi connectivity index (χ4n) is 3.06. The van der Waals surface area contributed by atoms with Crippen LogP contribution in [0.3, 0.4) is 0 Å². The molecule has 2 heterocycles. The van der Waals surface area contributed by atoms with Gasteiger partial charge in [-0.1, -0.05) is 30.3 Å². The minimum atomic E-state index is -1.38. The van der Waals surface area contributed by atoms with Gasteiger partial charge in [0.2, 0.25) is 0 Å². The quantitative estimate of drug-likeness (QED) is 0.924. The zero-order chi connectivity index (χ0) is 18.2. The summed E-state index contributed by atoms with van der Waals surface area (Å²) >= 11 is 0. The summed E-state index contributed by atoms with van der Waals surface area (Å²) in [5, 5.41) is 10.0. The second-order valence-corrected chi connectivity index (χ2v) is 7.09. The summed E-state index contributed by atoms with van der Waals surface area (Å²) in [4.78, 5) is 25.5. The van der Waals surface area contributed by atoms with E-state index in [1.165, 1.54) is 13.8 Å². The van der Waals surface area contributed by atoms with Crippen molar-refractivity contribution in [3.8, 4) is 11.4 Å². The van der Waals surface area contributed by atoms with E-state index in [1.54, 1.807) is 4.90 Å². The Hall–Kier alpha value is -2.47. The van der Waals surface area contributed by atoms with Crippen molar-refractivity contribution in [2.24, 2.45) is 0 Å². The Bertz CT molecular complexity index is 782. The van der Waals surface area contributed by atoms with Crippen LogP contribution in [0.15, 0.2) is 30.3 Å². The number of benzene rings is 1. The number of rotatable bonds is 3. The van der Waals surface area contributed by atoms with Crippen LogP contribution in [0.2, 0.25) is 0 Å². The number of anilines is 1. The van der Waals surface area contributed by atoms with E-state index in [0.29, 0.717) is 25.3 Å². The van der Waals surface area contributed by atoms with Gasteiger partial charge in [-0.05, 0) is 20.3 Å². The van der Waals surface area contributed by atoms with Gasteiger partial charge < -0.3 is 14.9 Å². The molecule has 0 atom stereocenters. The molecule has 6 heteroatoms. The molecule has 0 saturated carbocycles. The van der Waals surface area contributed by atoms with Crippen molar-refractivity contribution in [3.05, 3.63) is 41.6 Å². The van der Waals surface area contributed by atoms with Gasteiger partial charge in [0.15, 0.2) is 5.82 Å². The standard InChI is InChI=1S/C19H24N4O2/c1-19(2,25)18(24)23-11-10-14-15(12-23)20-16(21-17(14)22(3)4)13-8-6-5-7-9-13/h5-9,25H,10-12H2,1-4H3. The highest BCUT2D eigenvalue weighted by atomic mass is 16.3. The summed E-state index contributed by atoms with van der Waals surface area (Å²) in [7, 11) is 3.93. The van der Waals surface area contributed by atoms with Gasteiger partial charge in [0.05, 0.1) is 12.2 Å². The van der Waals surface area contributed by atoms with Crippen molar-refractivity contribution in [3.63, 3.8) is 0 Å². The van der Waals surface area contributed by atoms with Crippen molar-refractivity contribution < 1.29 is 9.90 Å². The molecule has 0 saturated heterocycles. The van der Waals surface area contributed by atoms with Gasteiger partial charge in [-0.15, -0.1) is 0 Å². The van der Waals surface area contributed by atoms with Crippen molar-refractivity contribution in [1.29, 1.82) is 0 Å². The van der Waals surface area contributed by atoms with Crippen molar-refractivity contribution in [1.82, 2.24) is 14.9 Å². The predicted octanol–water partition coefficient (Wildman–Crippen LogP) is 1.87. The molecule has 25 heavy (non-hydrogen) atoms. The Kier molecular flexibility index (Phi) is 4.47. The first-order chi connectivity index (χ1) is 11.8. The third kappa shape index (κ3) is 3.49. The van der Waals surface area contributed by atoms with E-state index in [2.05, 4.69) is 0 Å². The minimum Gasteiger partial charge on any atom is -0.381 e. The molecule has 1 N–H and O–H groups in total. The monoisotopic (exact) mass is 340 g/mol. The Morgan fingerprint density at radius 1 is 1.20 bits per heavy atom. The third-order valence-electron chi connectivity index (χ3n) is 4.31. The van der Waals surface area contributed by atoms with E-state index < -0.39 is 5.60 Å². The molecule has 2 aromatic rings. The highest BCUT2D eigenvalue weighted by Crippen LogP contribution is 2.29. The topological polar surface area (TPSA) is 69.6 Å². The molecule has 0 fully saturated rings. The summed E-state index contributed by atoms with van der Waals surface area (Å²) in [6.45, 7) is 3.99. The normalized spacial score (nSPS) is 14.2. The summed E-state index contributed by atoms with van der Waals surface area (Å²) < 4.78 is 0.